The molecular formula is C20H27N3O. The van der Waals surface area contributed by atoms with E-state index in [2.05, 4.69) is 35.9 Å². The summed E-state index contributed by atoms with van der Waals surface area (Å²) in [4.78, 5) is 14.7. The summed E-state index contributed by atoms with van der Waals surface area (Å²) in [6.45, 7) is 10.5. The van der Waals surface area contributed by atoms with Crippen molar-refractivity contribution < 1.29 is 4.79 Å². The van der Waals surface area contributed by atoms with Gasteiger partial charge in [-0.25, -0.2) is 4.79 Å². The van der Waals surface area contributed by atoms with E-state index < -0.39 is 0 Å². The van der Waals surface area contributed by atoms with Crippen LogP contribution in [0.2, 0.25) is 0 Å². The summed E-state index contributed by atoms with van der Waals surface area (Å²) >= 11 is 0. The molecule has 1 aromatic rings. The lowest BCUT2D eigenvalue weighted by molar-refractivity contribution is 0.155. The number of nitrogens with zero attached hydrogens (tertiary/aromatic N) is 1. The van der Waals surface area contributed by atoms with E-state index in [1.54, 1.807) is 12.2 Å². The highest BCUT2D eigenvalue weighted by atomic mass is 16.2. The molecule has 1 aromatic carbocycles. The molecular weight excluding hydrogens is 298 g/mol. The first-order valence-corrected chi connectivity index (χ1v) is 8.47. The molecule has 1 aliphatic heterocycles. The monoisotopic (exact) mass is 325 g/mol. The average Bonchev–Trinajstić information content (AvgIpc) is 2.64. The van der Waals surface area contributed by atoms with Gasteiger partial charge in [0.15, 0.2) is 0 Å². The highest BCUT2D eigenvalue weighted by Crippen LogP contribution is 2.16. The summed E-state index contributed by atoms with van der Waals surface area (Å²) in [6.07, 6.45) is 7.28. The third-order valence-corrected chi connectivity index (χ3v) is 4.24. The van der Waals surface area contributed by atoms with Crippen molar-refractivity contribution in [2.45, 2.75) is 25.4 Å². The van der Waals surface area contributed by atoms with E-state index in [0.29, 0.717) is 13.1 Å². The number of amides is 2. The topological polar surface area (TPSA) is 44.4 Å². The van der Waals surface area contributed by atoms with E-state index in [1.807, 2.05) is 29.2 Å². The number of hydrogen-bond acceptors (Lipinski definition) is 2. The molecule has 0 unspecified atom stereocenters. The number of allylic oxidation sites excluding steroid dienone is 2. The third kappa shape index (κ3) is 5.39. The van der Waals surface area contributed by atoms with Crippen LogP contribution in [0, 0.1) is 0 Å². The second-order valence-electron chi connectivity index (χ2n) is 5.93. The number of carbonyl (C=O) groups excluding carboxylic acids is 1. The molecule has 0 bridgehead atoms. The van der Waals surface area contributed by atoms with Crippen molar-refractivity contribution in [1.82, 2.24) is 15.5 Å². The second kappa shape index (κ2) is 9.73. The van der Waals surface area contributed by atoms with Gasteiger partial charge in [-0.2, -0.15) is 0 Å². The molecule has 2 amide bonds. The molecule has 0 radical (unpaired) electrons. The van der Waals surface area contributed by atoms with Gasteiger partial charge in [0.2, 0.25) is 0 Å². The summed E-state index contributed by atoms with van der Waals surface area (Å²) < 4.78 is 0. The van der Waals surface area contributed by atoms with Gasteiger partial charge >= 0.3 is 6.03 Å². The molecule has 2 N–H and O–H groups in total. The normalized spacial score (nSPS) is 15.6. The summed E-state index contributed by atoms with van der Waals surface area (Å²) in [5.74, 6) is 0. The van der Waals surface area contributed by atoms with Crippen LogP contribution >= 0.6 is 0 Å². The van der Waals surface area contributed by atoms with Crippen molar-refractivity contribution in [2.75, 3.05) is 19.6 Å². The van der Waals surface area contributed by atoms with Crippen LogP contribution in [0.4, 0.5) is 4.79 Å². The first-order chi connectivity index (χ1) is 11.7. The largest absolute Gasteiger partial charge is 0.334 e. The minimum atomic E-state index is -0.0254. The second-order valence-corrected chi connectivity index (χ2v) is 5.93. The van der Waals surface area contributed by atoms with Crippen LogP contribution in [-0.2, 0) is 6.54 Å². The number of nitrogens with one attached hydrogen (secondary N) is 2. The molecule has 128 valence electrons. The van der Waals surface area contributed by atoms with Crippen LogP contribution in [0.25, 0.3) is 0 Å². The smallest absolute Gasteiger partial charge is 0.318 e. The molecule has 4 nitrogen and oxygen atoms in total. The Balaban J connectivity index is 2.06. The van der Waals surface area contributed by atoms with Crippen LogP contribution in [0.3, 0.4) is 0 Å². The predicted molar refractivity (Wildman–Crippen MR) is 99.8 cm³/mol. The van der Waals surface area contributed by atoms with Crippen molar-refractivity contribution in [1.29, 1.82) is 0 Å². The fourth-order valence-corrected chi connectivity index (χ4v) is 2.89. The minimum Gasteiger partial charge on any atom is -0.334 e. The van der Waals surface area contributed by atoms with Gasteiger partial charge in [-0.3, -0.25) is 0 Å². The Bertz CT molecular complexity index is 574. The molecule has 1 aliphatic rings. The maximum Gasteiger partial charge on any atom is 0.318 e. The van der Waals surface area contributed by atoms with E-state index in [0.717, 1.165) is 37.1 Å². The Hall–Kier alpha value is -2.33. The first kappa shape index (κ1) is 18.0. The summed E-state index contributed by atoms with van der Waals surface area (Å²) in [7, 11) is 0. The summed E-state index contributed by atoms with van der Waals surface area (Å²) in [6, 6.07) is 10.4. The number of rotatable bonds is 7. The minimum absolute atomic E-state index is 0.0254. The van der Waals surface area contributed by atoms with E-state index in [4.69, 9.17) is 0 Å². The average molecular weight is 325 g/mol. The van der Waals surface area contributed by atoms with Gasteiger partial charge in [0.05, 0.1) is 0 Å². The summed E-state index contributed by atoms with van der Waals surface area (Å²) in [5.41, 5.74) is 2.10. The lowest BCUT2D eigenvalue weighted by Crippen LogP contribution is -2.49. The highest BCUT2D eigenvalue weighted by molar-refractivity contribution is 5.75. The summed E-state index contributed by atoms with van der Waals surface area (Å²) in [5, 5.41) is 6.37. The Labute approximate surface area is 144 Å². The van der Waals surface area contributed by atoms with Crippen LogP contribution < -0.4 is 10.6 Å². The van der Waals surface area contributed by atoms with Crippen molar-refractivity contribution in [3.8, 4) is 0 Å². The number of benzene rings is 1. The number of urea groups is 1. The maximum atomic E-state index is 12.8. The van der Waals surface area contributed by atoms with Gasteiger partial charge < -0.3 is 15.5 Å². The standard InChI is InChI=1S/C20H27N3O/c1-3-8-17(4-2)15-22-20(24)23(19-11-13-21-14-12-19)16-18-9-6-5-7-10-18/h3-10,19,21H,1-2,11-16H2,(H,22,24)/b17-8+. The zero-order valence-electron chi connectivity index (χ0n) is 14.2. The van der Waals surface area contributed by atoms with Gasteiger partial charge in [0.25, 0.3) is 0 Å². The molecule has 0 saturated carbocycles. The van der Waals surface area contributed by atoms with E-state index in [1.165, 1.54) is 0 Å². The van der Waals surface area contributed by atoms with E-state index in [-0.39, 0.29) is 12.1 Å². The molecule has 4 heteroatoms. The fraction of sp³-hybridized carbons (Fsp3) is 0.350. The van der Waals surface area contributed by atoms with Crippen molar-refractivity contribution in [2.24, 2.45) is 0 Å². The van der Waals surface area contributed by atoms with Crippen LogP contribution in [-0.4, -0.2) is 36.6 Å². The Morgan fingerprint density at radius 3 is 2.58 bits per heavy atom. The molecule has 2 rings (SSSR count). The van der Waals surface area contributed by atoms with Gasteiger partial charge in [-0.1, -0.05) is 61.7 Å². The Kier molecular flexibility index (Phi) is 7.30. The Morgan fingerprint density at radius 2 is 1.96 bits per heavy atom. The maximum absolute atomic E-state index is 12.8. The lowest BCUT2D eigenvalue weighted by Gasteiger charge is -2.35. The predicted octanol–water partition coefficient (Wildman–Crippen LogP) is 3.25. The molecule has 24 heavy (non-hydrogen) atoms. The highest BCUT2D eigenvalue weighted by Gasteiger charge is 2.25. The van der Waals surface area contributed by atoms with Gasteiger partial charge in [0.1, 0.15) is 0 Å². The Morgan fingerprint density at radius 1 is 1.25 bits per heavy atom. The molecule has 1 saturated heterocycles. The molecule has 0 aromatic heterocycles. The number of piperidine rings is 1. The van der Waals surface area contributed by atoms with Crippen molar-refractivity contribution in [3.05, 3.63) is 72.9 Å². The van der Waals surface area contributed by atoms with Crippen LogP contribution in [0.5, 0.6) is 0 Å². The van der Waals surface area contributed by atoms with Crippen molar-refractivity contribution >= 4 is 6.03 Å². The quantitative estimate of drug-likeness (QED) is 0.756. The first-order valence-electron chi connectivity index (χ1n) is 8.47. The molecule has 1 fully saturated rings. The van der Waals surface area contributed by atoms with Crippen LogP contribution in [0.1, 0.15) is 18.4 Å². The van der Waals surface area contributed by atoms with E-state index >= 15 is 0 Å². The molecule has 0 aliphatic carbocycles. The third-order valence-electron chi connectivity index (χ3n) is 4.24. The number of hydrogen-bond donors (Lipinski definition) is 2. The van der Waals surface area contributed by atoms with Gasteiger partial charge in [0, 0.05) is 19.1 Å². The molecule has 1 heterocycles. The van der Waals surface area contributed by atoms with E-state index in [9.17, 15) is 4.79 Å². The van der Waals surface area contributed by atoms with Crippen molar-refractivity contribution in [3.63, 3.8) is 0 Å². The molecule has 0 atom stereocenters. The van der Waals surface area contributed by atoms with Gasteiger partial charge in [-0.15, -0.1) is 0 Å². The zero-order chi connectivity index (χ0) is 17.2. The SMILES string of the molecule is C=C/C=C(\C=C)CNC(=O)N(Cc1ccccc1)C1CCNCC1. The fourth-order valence-electron chi connectivity index (χ4n) is 2.89. The molecule has 0 spiro atoms. The zero-order valence-corrected chi connectivity index (χ0v) is 14.2. The van der Waals surface area contributed by atoms with Crippen LogP contribution in [0.15, 0.2) is 67.3 Å². The van der Waals surface area contributed by atoms with Gasteiger partial charge in [-0.05, 0) is 37.1 Å². The lowest BCUT2D eigenvalue weighted by atomic mass is 10.0. The number of carbonyl (C=O) groups is 1.